The highest BCUT2D eigenvalue weighted by atomic mass is 16.2. The van der Waals surface area contributed by atoms with Crippen LogP contribution in [0.5, 0.6) is 0 Å². The Morgan fingerprint density at radius 3 is 2.67 bits per heavy atom. The van der Waals surface area contributed by atoms with Gasteiger partial charge in [-0.15, -0.1) is 0 Å². The third-order valence-corrected chi connectivity index (χ3v) is 2.15. The SMILES string of the molecule is Cc1nc(N)nc(N2CC(N)CC2=O)n1. The van der Waals surface area contributed by atoms with Gasteiger partial charge in [0.05, 0.1) is 0 Å². The van der Waals surface area contributed by atoms with Crippen LogP contribution in [0.4, 0.5) is 11.9 Å². The Labute approximate surface area is 86.5 Å². The van der Waals surface area contributed by atoms with Gasteiger partial charge in [0.15, 0.2) is 0 Å². The topological polar surface area (TPSA) is 111 Å². The molecule has 0 spiro atoms. The van der Waals surface area contributed by atoms with Crippen molar-refractivity contribution in [2.45, 2.75) is 19.4 Å². The van der Waals surface area contributed by atoms with Crippen LogP contribution in [0.3, 0.4) is 0 Å². The number of rotatable bonds is 1. The van der Waals surface area contributed by atoms with Crippen LogP contribution in [0.15, 0.2) is 0 Å². The number of carbonyl (C=O) groups is 1. The van der Waals surface area contributed by atoms with Gasteiger partial charge in [0.25, 0.3) is 0 Å². The number of aromatic nitrogens is 3. The van der Waals surface area contributed by atoms with Gasteiger partial charge in [-0.2, -0.15) is 15.0 Å². The average molecular weight is 208 g/mol. The van der Waals surface area contributed by atoms with E-state index in [-0.39, 0.29) is 23.8 Å². The fourth-order valence-corrected chi connectivity index (χ4v) is 1.54. The molecule has 0 aliphatic carbocycles. The lowest BCUT2D eigenvalue weighted by Crippen LogP contribution is -2.30. The molecule has 1 atom stereocenters. The maximum absolute atomic E-state index is 11.5. The van der Waals surface area contributed by atoms with Crippen LogP contribution in [0, 0.1) is 6.92 Å². The summed E-state index contributed by atoms with van der Waals surface area (Å²) in [7, 11) is 0. The van der Waals surface area contributed by atoms with E-state index in [9.17, 15) is 4.79 Å². The fourth-order valence-electron chi connectivity index (χ4n) is 1.54. The molecule has 2 heterocycles. The van der Waals surface area contributed by atoms with Crippen molar-refractivity contribution in [1.82, 2.24) is 15.0 Å². The molecule has 1 aromatic rings. The van der Waals surface area contributed by atoms with Crippen molar-refractivity contribution in [3.8, 4) is 0 Å². The van der Waals surface area contributed by atoms with Crippen molar-refractivity contribution in [2.75, 3.05) is 17.2 Å². The Hall–Kier alpha value is -1.76. The molecule has 0 aromatic carbocycles. The first-order valence-electron chi connectivity index (χ1n) is 4.60. The Morgan fingerprint density at radius 2 is 2.13 bits per heavy atom. The molecule has 1 amide bonds. The minimum Gasteiger partial charge on any atom is -0.368 e. The molecule has 15 heavy (non-hydrogen) atoms. The molecule has 2 rings (SSSR count). The average Bonchev–Trinajstić information content (AvgIpc) is 2.43. The first-order valence-corrected chi connectivity index (χ1v) is 4.60. The summed E-state index contributed by atoms with van der Waals surface area (Å²) < 4.78 is 0. The van der Waals surface area contributed by atoms with E-state index >= 15 is 0 Å². The van der Waals surface area contributed by atoms with E-state index in [4.69, 9.17) is 11.5 Å². The lowest BCUT2D eigenvalue weighted by Gasteiger charge is -2.13. The van der Waals surface area contributed by atoms with E-state index in [1.54, 1.807) is 6.92 Å². The summed E-state index contributed by atoms with van der Waals surface area (Å²) >= 11 is 0. The molecule has 7 nitrogen and oxygen atoms in total. The smallest absolute Gasteiger partial charge is 0.237 e. The van der Waals surface area contributed by atoms with Gasteiger partial charge in [0.1, 0.15) is 5.82 Å². The molecule has 0 radical (unpaired) electrons. The van der Waals surface area contributed by atoms with Crippen LogP contribution < -0.4 is 16.4 Å². The molecule has 0 saturated carbocycles. The van der Waals surface area contributed by atoms with E-state index in [1.165, 1.54) is 4.90 Å². The maximum Gasteiger partial charge on any atom is 0.237 e. The minimum atomic E-state index is -0.157. The summed E-state index contributed by atoms with van der Waals surface area (Å²) in [5.41, 5.74) is 11.1. The number of hydrogen-bond acceptors (Lipinski definition) is 6. The van der Waals surface area contributed by atoms with E-state index in [0.717, 1.165) is 0 Å². The van der Waals surface area contributed by atoms with Crippen LogP contribution in [0.2, 0.25) is 0 Å². The van der Waals surface area contributed by atoms with Gasteiger partial charge < -0.3 is 11.5 Å². The van der Waals surface area contributed by atoms with Gasteiger partial charge in [-0.25, -0.2) is 0 Å². The Bertz CT molecular complexity index is 386. The molecule has 1 aliphatic heterocycles. The van der Waals surface area contributed by atoms with Gasteiger partial charge in [-0.05, 0) is 6.92 Å². The summed E-state index contributed by atoms with van der Waals surface area (Å²) in [6.45, 7) is 2.13. The molecule has 1 fully saturated rings. The van der Waals surface area contributed by atoms with E-state index in [2.05, 4.69) is 15.0 Å². The number of nitrogen functional groups attached to an aromatic ring is 1. The highest BCUT2D eigenvalue weighted by Crippen LogP contribution is 2.16. The summed E-state index contributed by atoms with van der Waals surface area (Å²) in [5.74, 6) is 0.821. The lowest BCUT2D eigenvalue weighted by molar-refractivity contribution is -0.117. The molecular weight excluding hydrogens is 196 g/mol. The Morgan fingerprint density at radius 1 is 1.40 bits per heavy atom. The molecule has 1 aromatic heterocycles. The van der Waals surface area contributed by atoms with Crippen molar-refractivity contribution in [3.63, 3.8) is 0 Å². The summed E-state index contributed by atoms with van der Waals surface area (Å²) in [5, 5.41) is 0. The van der Waals surface area contributed by atoms with Crippen LogP contribution in [0.1, 0.15) is 12.2 Å². The number of nitrogens with zero attached hydrogens (tertiary/aromatic N) is 4. The summed E-state index contributed by atoms with van der Waals surface area (Å²) in [6, 6.07) is -0.157. The minimum absolute atomic E-state index is 0.0764. The summed E-state index contributed by atoms with van der Waals surface area (Å²) in [4.78, 5) is 24.7. The van der Waals surface area contributed by atoms with Gasteiger partial charge in [-0.3, -0.25) is 9.69 Å². The van der Waals surface area contributed by atoms with E-state index in [0.29, 0.717) is 18.8 Å². The predicted molar refractivity (Wildman–Crippen MR) is 53.9 cm³/mol. The Kier molecular flexibility index (Phi) is 2.24. The first-order chi connectivity index (χ1) is 7.06. The second-order valence-corrected chi connectivity index (χ2v) is 3.51. The second kappa shape index (κ2) is 3.43. The highest BCUT2D eigenvalue weighted by molar-refractivity contribution is 5.94. The zero-order valence-electron chi connectivity index (χ0n) is 8.34. The van der Waals surface area contributed by atoms with E-state index in [1.807, 2.05) is 0 Å². The molecular formula is C8H12N6O. The van der Waals surface area contributed by atoms with Gasteiger partial charge in [0, 0.05) is 19.0 Å². The van der Waals surface area contributed by atoms with Crippen LogP contribution in [-0.4, -0.2) is 33.4 Å². The van der Waals surface area contributed by atoms with Crippen LogP contribution in [-0.2, 0) is 4.79 Å². The molecule has 4 N–H and O–H groups in total. The third-order valence-electron chi connectivity index (χ3n) is 2.15. The van der Waals surface area contributed by atoms with Crippen molar-refractivity contribution in [1.29, 1.82) is 0 Å². The monoisotopic (exact) mass is 208 g/mol. The molecule has 1 aliphatic rings. The standard InChI is InChI=1S/C8H12N6O/c1-4-11-7(10)13-8(12-4)14-3-5(9)2-6(14)15/h5H,2-3,9H2,1H3,(H2,10,11,12,13). The van der Waals surface area contributed by atoms with Crippen molar-refractivity contribution >= 4 is 17.8 Å². The second-order valence-electron chi connectivity index (χ2n) is 3.51. The molecule has 0 bridgehead atoms. The summed E-state index contributed by atoms with van der Waals surface area (Å²) in [6.07, 6.45) is 0.324. The van der Waals surface area contributed by atoms with Gasteiger partial charge >= 0.3 is 0 Å². The van der Waals surface area contributed by atoms with Gasteiger partial charge in [-0.1, -0.05) is 0 Å². The zero-order chi connectivity index (χ0) is 11.0. The predicted octanol–water partition coefficient (Wildman–Crippen LogP) is -1.17. The molecule has 7 heteroatoms. The number of carbonyl (C=O) groups excluding carboxylic acids is 1. The van der Waals surface area contributed by atoms with Crippen molar-refractivity contribution in [3.05, 3.63) is 5.82 Å². The highest BCUT2D eigenvalue weighted by Gasteiger charge is 2.30. The third kappa shape index (κ3) is 1.86. The van der Waals surface area contributed by atoms with E-state index < -0.39 is 0 Å². The van der Waals surface area contributed by atoms with Crippen molar-refractivity contribution < 1.29 is 4.79 Å². The largest absolute Gasteiger partial charge is 0.368 e. The number of nitrogens with two attached hydrogens (primary N) is 2. The van der Waals surface area contributed by atoms with Crippen molar-refractivity contribution in [2.24, 2.45) is 5.73 Å². The number of aryl methyl sites for hydroxylation is 1. The number of amides is 1. The normalized spacial score (nSPS) is 21.1. The Balaban J connectivity index is 2.33. The number of hydrogen-bond donors (Lipinski definition) is 2. The first kappa shape index (κ1) is 9.78. The van der Waals surface area contributed by atoms with Gasteiger partial charge in [0.2, 0.25) is 17.8 Å². The quantitative estimate of drug-likeness (QED) is 0.601. The van der Waals surface area contributed by atoms with Crippen LogP contribution >= 0.6 is 0 Å². The molecule has 1 saturated heterocycles. The lowest BCUT2D eigenvalue weighted by atomic mass is 10.3. The molecule has 80 valence electrons. The molecule has 1 unspecified atom stereocenters. The number of anilines is 2. The zero-order valence-corrected chi connectivity index (χ0v) is 8.34. The maximum atomic E-state index is 11.5. The van der Waals surface area contributed by atoms with Crippen LogP contribution in [0.25, 0.3) is 0 Å². The fraction of sp³-hybridized carbons (Fsp3) is 0.500.